The first-order chi connectivity index (χ1) is 5.67. The molecule has 12 heavy (non-hydrogen) atoms. The molecule has 1 aliphatic carbocycles. The van der Waals surface area contributed by atoms with E-state index in [4.69, 9.17) is 0 Å². The van der Waals surface area contributed by atoms with Crippen LogP contribution in [-0.2, 0) is 9.59 Å². The van der Waals surface area contributed by atoms with E-state index >= 15 is 0 Å². The van der Waals surface area contributed by atoms with Gasteiger partial charge < -0.3 is 4.79 Å². The van der Waals surface area contributed by atoms with Crippen molar-refractivity contribution >= 4 is 12.1 Å². The maximum atomic E-state index is 11.5. The quantitative estimate of drug-likeness (QED) is 0.473. The summed E-state index contributed by atoms with van der Waals surface area (Å²) in [4.78, 5) is 21.9. The molecule has 1 fully saturated rings. The standard InChI is InChI=1S/C10H14O2/c1-3-10(6-7-11)8(2)4-5-9(10)12/h3,7-8H,1,4-6H2,2H3/t8-,10+/m1/s1. The van der Waals surface area contributed by atoms with E-state index in [0.29, 0.717) is 12.8 Å². The summed E-state index contributed by atoms with van der Waals surface area (Å²) < 4.78 is 0. The minimum atomic E-state index is -0.540. The van der Waals surface area contributed by atoms with Crippen molar-refractivity contribution in [3.63, 3.8) is 0 Å². The fraction of sp³-hybridized carbons (Fsp3) is 0.600. The van der Waals surface area contributed by atoms with Gasteiger partial charge >= 0.3 is 0 Å². The Morgan fingerprint density at radius 2 is 2.42 bits per heavy atom. The van der Waals surface area contributed by atoms with Crippen LogP contribution >= 0.6 is 0 Å². The fourth-order valence-corrected chi connectivity index (χ4v) is 1.96. The number of Topliss-reactive ketones (excluding diaryl/α,β-unsaturated/α-hetero) is 1. The predicted molar refractivity (Wildman–Crippen MR) is 46.7 cm³/mol. The topological polar surface area (TPSA) is 34.1 Å². The molecule has 66 valence electrons. The van der Waals surface area contributed by atoms with Crippen LogP contribution in [0.5, 0.6) is 0 Å². The van der Waals surface area contributed by atoms with Crippen LogP contribution in [0.2, 0.25) is 0 Å². The number of rotatable bonds is 3. The molecule has 0 unspecified atom stereocenters. The lowest BCUT2D eigenvalue weighted by Crippen LogP contribution is -2.29. The highest BCUT2D eigenvalue weighted by Crippen LogP contribution is 2.43. The van der Waals surface area contributed by atoms with Crippen LogP contribution in [0.3, 0.4) is 0 Å². The SMILES string of the molecule is C=C[C@@]1(CC=O)C(=O)CC[C@H]1C. The van der Waals surface area contributed by atoms with Crippen molar-refractivity contribution in [3.8, 4) is 0 Å². The smallest absolute Gasteiger partial charge is 0.143 e. The molecule has 0 heterocycles. The summed E-state index contributed by atoms with van der Waals surface area (Å²) in [6, 6.07) is 0. The number of aldehydes is 1. The van der Waals surface area contributed by atoms with Gasteiger partial charge in [0.2, 0.25) is 0 Å². The van der Waals surface area contributed by atoms with Gasteiger partial charge in [-0.2, -0.15) is 0 Å². The Morgan fingerprint density at radius 1 is 1.75 bits per heavy atom. The van der Waals surface area contributed by atoms with Crippen molar-refractivity contribution in [1.82, 2.24) is 0 Å². The van der Waals surface area contributed by atoms with Crippen molar-refractivity contribution in [3.05, 3.63) is 12.7 Å². The average Bonchev–Trinajstić information content (AvgIpc) is 2.33. The number of ketones is 1. The summed E-state index contributed by atoms with van der Waals surface area (Å²) >= 11 is 0. The number of hydrogen-bond donors (Lipinski definition) is 0. The van der Waals surface area contributed by atoms with Gasteiger partial charge in [0.1, 0.15) is 12.1 Å². The zero-order valence-corrected chi connectivity index (χ0v) is 7.38. The van der Waals surface area contributed by atoms with Crippen molar-refractivity contribution in [2.24, 2.45) is 11.3 Å². The zero-order chi connectivity index (χ0) is 9.19. The largest absolute Gasteiger partial charge is 0.303 e. The molecule has 1 rings (SSSR count). The van der Waals surface area contributed by atoms with Crippen molar-refractivity contribution in [2.45, 2.75) is 26.2 Å². The molecule has 0 aliphatic heterocycles. The van der Waals surface area contributed by atoms with Gasteiger partial charge in [0.15, 0.2) is 0 Å². The summed E-state index contributed by atoms with van der Waals surface area (Å²) in [5.74, 6) is 0.449. The van der Waals surface area contributed by atoms with Gasteiger partial charge in [-0.1, -0.05) is 13.0 Å². The number of allylic oxidation sites excluding steroid dienone is 1. The third-order valence-electron chi connectivity index (χ3n) is 2.99. The second-order valence-corrected chi connectivity index (χ2v) is 3.48. The van der Waals surface area contributed by atoms with Crippen LogP contribution in [0.1, 0.15) is 26.2 Å². The first-order valence-corrected chi connectivity index (χ1v) is 4.28. The van der Waals surface area contributed by atoms with Gasteiger partial charge in [0.25, 0.3) is 0 Å². The molecule has 0 radical (unpaired) electrons. The molecule has 2 nitrogen and oxygen atoms in total. The Kier molecular flexibility index (Phi) is 2.46. The summed E-state index contributed by atoms with van der Waals surface area (Å²) in [7, 11) is 0. The second kappa shape index (κ2) is 3.21. The first kappa shape index (κ1) is 9.17. The van der Waals surface area contributed by atoms with Crippen LogP contribution in [0.25, 0.3) is 0 Å². The molecular weight excluding hydrogens is 152 g/mol. The third-order valence-corrected chi connectivity index (χ3v) is 2.99. The van der Waals surface area contributed by atoms with Gasteiger partial charge in [0, 0.05) is 12.8 Å². The second-order valence-electron chi connectivity index (χ2n) is 3.48. The van der Waals surface area contributed by atoms with Gasteiger partial charge in [-0.25, -0.2) is 0 Å². The average molecular weight is 166 g/mol. The molecule has 1 saturated carbocycles. The highest BCUT2D eigenvalue weighted by molar-refractivity contribution is 5.91. The predicted octanol–water partition coefficient (Wildman–Crippen LogP) is 1.75. The normalized spacial score (nSPS) is 35.1. The molecule has 0 bridgehead atoms. The van der Waals surface area contributed by atoms with Crippen LogP contribution in [0.4, 0.5) is 0 Å². The minimum absolute atomic E-state index is 0.178. The van der Waals surface area contributed by atoms with E-state index < -0.39 is 5.41 Å². The minimum Gasteiger partial charge on any atom is -0.303 e. The summed E-state index contributed by atoms with van der Waals surface area (Å²) in [5, 5.41) is 0. The molecule has 1 aliphatic rings. The van der Waals surface area contributed by atoms with E-state index in [0.717, 1.165) is 12.7 Å². The number of carbonyl (C=O) groups is 2. The lowest BCUT2D eigenvalue weighted by Gasteiger charge is -2.25. The van der Waals surface area contributed by atoms with Crippen LogP contribution < -0.4 is 0 Å². The Hall–Kier alpha value is -0.920. The molecule has 2 heteroatoms. The van der Waals surface area contributed by atoms with E-state index in [1.165, 1.54) is 0 Å². The Labute approximate surface area is 72.7 Å². The molecule has 0 aromatic heterocycles. The van der Waals surface area contributed by atoms with E-state index in [9.17, 15) is 9.59 Å². The first-order valence-electron chi connectivity index (χ1n) is 4.28. The van der Waals surface area contributed by atoms with Crippen LogP contribution in [0, 0.1) is 11.3 Å². The van der Waals surface area contributed by atoms with Crippen molar-refractivity contribution in [1.29, 1.82) is 0 Å². The lowest BCUT2D eigenvalue weighted by atomic mass is 9.76. The number of hydrogen-bond acceptors (Lipinski definition) is 2. The Bertz CT molecular complexity index is 220. The molecular formula is C10H14O2. The summed E-state index contributed by atoms with van der Waals surface area (Å²) in [6.45, 7) is 5.66. The van der Waals surface area contributed by atoms with Gasteiger partial charge in [-0.05, 0) is 12.3 Å². The molecule has 2 atom stereocenters. The number of carbonyl (C=O) groups excluding carboxylic acids is 2. The highest BCUT2D eigenvalue weighted by atomic mass is 16.1. The molecule has 0 N–H and O–H groups in total. The van der Waals surface area contributed by atoms with Gasteiger partial charge in [0.05, 0.1) is 5.41 Å². The molecule has 0 spiro atoms. The van der Waals surface area contributed by atoms with E-state index in [-0.39, 0.29) is 11.7 Å². The highest BCUT2D eigenvalue weighted by Gasteiger charge is 2.44. The van der Waals surface area contributed by atoms with E-state index in [1.807, 2.05) is 6.92 Å². The molecule has 0 aromatic rings. The molecule has 0 aromatic carbocycles. The Balaban J connectivity index is 2.94. The van der Waals surface area contributed by atoms with Crippen LogP contribution in [0.15, 0.2) is 12.7 Å². The Morgan fingerprint density at radius 3 is 2.75 bits per heavy atom. The van der Waals surface area contributed by atoms with Gasteiger partial charge in [-0.3, -0.25) is 4.79 Å². The summed E-state index contributed by atoms with van der Waals surface area (Å²) in [5.41, 5.74) is -0.540. The van der Waals surface area contributed by atoms with E-state index in [2.05, 4.69) is 6.58 Å². The zero-order valence-electron chi connectivity index (χ0n) is 7.38. The maximum Gasteiger partial charge on any atom is 0.143 e. The third kappa shape index (κ3) is 1.11. The van der Waals surface area contributed by atoms with E-state index in [1.54, 1.807) is 6.08 Å². The fourth-order valence-electron chi connectivity index (χ4n) is 1.96. The maximum absolute atomic E-state index is 11.5. The monoisotopic (exact) mass is 166 g/mol. The van der Waals surface area contributed by atoms with Crippen molar-refractivity contribution in [2.75, 3.05) is 0 Å². The molecule has 0 saturated heterocycles. The van der Waals surface area contributed by atoms with Crippen molar-refractivity contribution < 1.29 is 9.59 Å². The van der Waals surface area contributed by atoms with Crippen LogP contribution in [-0.4, -0.2) is 12.1 Å². The lowest BCUT2D eigenvalue weighted by molar-refractivity contribution is -0.127. The molecule has 0 amide bonds. The van der Waals surface area contributed by atoms with Gasteiger partial charge in [-0.15, -0.1) is 6.58 Å². The summed E-state index contributed by atoms with van der Waals surface area (Å²) in [6.07, 6.45) is 4.26.